The molecule has 7 heteroatoms. The minimum atomic E-state index is -4.47. The van der Waals surface area contributed by atoms with Gasteiger partial charge in [-0.25, -0.2) is 0 Å². The van der Waals surface area contributed by atoms with Crippen LogP contribution in [0.4, 0.5) is 13.2 Å². The van der Waals surface area contributed by atoms with Crippen molar-refractivity contribution in [3.8, 4) is 0 Å². The SMILES string of the molecule is CC(=C(CCN1C(=O)c2ccccc2C1=O)Sc1ccccc1)C(F)(F)F. The van der Waals surface area contributed by atoms with E-state index >= 15 is 0 Å². The summed E-state index contributed by atoms with van der Waals surface area (Å²) in [7, 11) is 0. The molecule has 0 aromatic heterocycles. The number of hydrogen-bond donors (Lipinski definition) is 0. The van der Waals surface area contributed by atoms with Gasteiger partial charge in [-0.05, 0) is 42.5 Å². The highest BCUT2D eigenvalue weighted by Crippen LogP contribution is 2.38. The summed E-state index contributed by atoms with van der Waals surface area (Å²) in [5, 5.41) is 0. The molecule has 1 heterocycles. The number of hydrogen-bond acceptors (Lipinski definition) is 3. The summed E-state index contributed by atoms with van der Waals surface area (Å²) < 4.78 is 39.8. The van der Waals surface area contributed by atoms with Crippen molar-refractivity contribution in [2.75, 3.05) is 6.54 Å². The fourth-order valence-electron chi connectivity index (χ4n) is 2.76. The van der Waals surface area contributed by atoms with Gasteiger partial charge in [0.15, 0.2) is 0 Å². The van der Waals surface area contributed by atoms with Gasteiger partial charge in [-0.2, -0.15) is 13.2 Å². The molecule has 2 amide bonds. The van der Waals surface area contributed by atoms with Crippen LogP contribution >= 0.6 is 11.8 Å². The lowest BCUT2D eigenvalue weighted by molar-refractivity contribution is -0.0918. The zero-order valence-electron chi connectivity index (χ0n) is 14.4. The number of carbonyl (C=O) groups is 2. The van der Waals surface area contributed by atoms with E-state index in [1.54, 1.807) is 54.6 Å². The van der Waals surface area contributed by atoms with Crippen LogP contribution in [-0.4, -0.2) is 29.4 Å². The van der Waals surface area contributed by atoms with Crippen LogP contribution in [0.25, 0.3) is 0 Å². The van der Waals surface area contributed by atoms with E-state index in [4.69, 9.17) is 0 Å². The molecule has 0 fully saturated rings. The molecule has 2 aromatic rings. The fraction of sp³-hybridized carbons (Fsp3) is 0.200. The molecule has 0 saturated heterocycles. The fourth-order valence-corrected chi connectivity index (χ4v) is 3.80. The summed E-state index contributed by atoms with van der Waals surface area (Å²) in [4.78, 5) is 26.6. The van der Waals surface area contributed by atoms with E-state index < -0.39 is 23.6 Å². The van der Waals surface area contributed by atoms with Crippen LogP contribution < -0.4 is 0 Å². The van der Waals surface area contributed by atoms with Gasteiger partial charge >= 0.3 is 6.18 Å². The van der Waals surface area contributed by atoms with Gasteiger partial charge in [0.1, 0.15) is 0 Å². The first-order valence-electron chi connectivity index (χ1n) is 8.24. The lowest BCUT2D eigenvalue weighted by Gasteiger charge is -2.18. The van der Waals surface area contributed by atoms with E-state index in [0.717, 1.165) is 23.6 Å². The molecule has 0 N–H and O–H groups in total. The number of benzene rings is 2. The molecule has 140 valence electrons. The summed E-state index contributed by atoms with van der Waals surface area (Å²) >= 11 is 1.00. The largest absolute Gasteiger partial charge is 0.413 e. The number of alkyl halides is 3. The van der Waals surface area contributed by atoms with Gasteiger partial charge in [0.2, 0.25) is 0 Å². The monoisotopic (exact) mass is 391 g/mol. The molecule has 2 aromatic carbocycles. The second-order valence-corrected chi connectivity index (χ2v) is 7.19. The number of halogens is 3. The maximum atomic E-state index is 13.3. The van der Waals surface area contributed by atoms with Gasteiger partial charge < -0.3 is 0 Å². The number of imide groups is 1. The Kier molecular flexibility index (Phi) is 5.41. The van der Waals surface area contributed by atoms with Crippen molar-refractivity contribution in [1.29, 1.82) is 0 Å². The maximum Gasteiger partial charge on any atom is 0.413 e. The first-order valence-corrected chi connectivity index (χ1v) is 9.05. The Morgan fingerprint density at radius 1 is 0.926 bits per heavy atom. The molecule has 0 unspecified atom stereocenters. The van der Waals surface area contributed by atoms with Crippen LogP contribution in [0.5, 0.6) is 0 Å². The molecular formula is C20H16F3NO2S. The van der Waals surface area contributed by atoms with Gasteiger partial charge in [0.05, 0.1) is 11.1 Å². The molecule has 0 aliphatic carbocycles. The average Bonchev–Trinajstić information content (AvgIpc) is 2.89. The van der Waals surface area contributed by atoms with E-state index in [-0.39, 0.29) is 29.0 Å². The Morgan fingerprint density at radius 3 is 1.96 bits per heavy atom. The van der Waals surface area contributed by atoms with Crippen LogP contribution in [0.3, 0.4) is 0 Å². The number of carbonyl (C=O) groups excluding carboxylic acids is 2. The Bertz CT molecular complexity index is 872. The lowest BCUT2D eigenvalue weighted by Crippen LogP contribution is -2.31. The first-order chi connectivity index (χ1) is 12.8. The predicted molar refractivity (Wildman–Crippen MR) is 97.5 cm³/mol. The van der Waals surface area contributed by atoms with E-state index in [1.165, 1.54) is 0 Å². The molecule has 1 aliphatic rings. The standard InChI is InChI=1S/C20H16F3NO2S/c1-13(20(21,22)23)17(27-14-7-3-2-4-8-14)11-12-24-18(25)15-9-5-6-10-16(15)19(24)26/h2-10H,11-12H2,1H3. The molecular weight excluding hydrogens is 375 g/mol. The van der Waals surface area contributed by atoms with Crippen LogP contribution in [0.1, 0.15) is 34.1 Å². The Hall–Kier alpha value is -2.54. The van der Waals surface area contributed by atoms with Crippen molar-refractivity contribution in [1.82, 2.24) is 4.90 Å². The number of fused-ring (bicyclic) bond motifs is 1. The predicted octanol–water partition coefficient (Wildman–Crippen LogP) is 5.30. The lowest BCUT2D eigenvalue weighted by atomic mass is 10.1. The third kappa shape index (κ3) is 4.08. The quantitative estimate of drug-likeness (QED) is 0.513. The molecule has 3 nitrogen and oxygen atoms in total. The van der Waals surface area contributed by atoms with Crippen LogP contribution in [0, 0.1) is 0 Å². The highest BCUT2D eigenvalue weighted by atomic mass is 32.2. The summed E-state index contributed by atoms with van der Waals surface area (Å²) in [5.74, 6) is -0.936. The van der Waals surface area contributed by atoms with Crippen molar-refractivity contribution in [3.63, 3.8) is 0 Å². The highest BCUT2D eigenvalue weighted by Gasteiger charge is 2.36. The van der Waals surface area contributed by atoms with Gasteiger partial charge in [0, 0.05) is 17.0 Å². The average molecular weight is 391 g/mol. The van der Waals surface area contributed by atoms with E-state index in [2.05, 4.69) is 0 Å². The second kappa shape index (κ2) is 7.60. The van der Waals surface area contributed by atoms with E-state index in [0.29, 0.717) is 4.90 Å². The van der Waals surface area contributed by atoms with Crippen molar-refractivity contribution in [2.45, 2.75) is 24.4 Å². The Balaban J connectivity index is 1.82. The smallest absolute Gasteiger partial charge is 0.274 e. The number of allylic oxidation sites excluding steroid dienone is 1. The molecule has 0 atom stereocenters. The molecule has 0 radical (unpaired) electrons. The number of nitrogens with zero attached hydrogens (tertiary/aromatic N) is 1. The third-order valence-corrected chi connectivity index (χ3v) is 5.53. The van der Waals surface area contributed by atoms with Crippen LogP contribution in [0.2, 0.25) is 0 Å². The van der Waals surface area contributed by atoms with E-state index in [1.807, 2.05) is 0 Å². The van der Waals surface area contributed by atoms with Crippen molar-refractivity contribution >= 4 is 23.6 Å². The van der Waals surface area contributed by atoms with Crippen molar-refractivity contribution < 1.29 is 22.8 Å². The molecule has 3 rings (SSSR count). The zero-order valence-corrected chi connectivity index (χ0v) is 15.2. The van der Waals surface area contributed by atoms with Crippen LogP contribution in [-0.2, 0) is 0 Å². The van der Waals surface area contributed by atoms with Crippen molar-refractivity contribution in [3.05, 3.63) is 76.2 Å². The van der Waals surface area contributed by atoms with Gasteiger partial charge in [0.25, 0.3) is 11.8 Å². The first kappa shape index (κ1) is 19.2. The highest BCUT2D eigenvalue weighted by molar-refractivity contribution is 8.03. The topological polar surface area (TPSA) is 37.4 Å². The molecule has 27 heavy (non-hydrogen) atoms. The third-order valence-electron chi connectivity index (χ3n) is 4.27. The molecule has 0 bridgehead atoms. The van der Waals surface area contributed by atoms with Gasteiger partial charge in [-0.1, -0.05) is 42.1 Å². The second-order valence-electron chi connectivity index (χ2n) is 6.02. The number of thioether (sulfide) groups is 1. The van der Waals surface area contributed by atoms with Crippen molar-refractivity contribution in [2.24, 2.45) is 0 Å². The normalized spacial score (nSPS) is 15.0. The number of rotatable bonds is 5. The number of amides is 2. The minimum Gasteiger partial charge on any atom is -0.274 e. The Labute approximate surface area is 158 Å². The Morgan fingerprint density at radius 2 is 1.44 bits per heavy atom. The summed E-state index contributed by atoms with van der Waals surface area (Å²) in [6.07, 6.45) is -4.53. The molecule has 0 spiro atoms. The van der Waals surface area contributed by atoms with Gasteiger partial charge in [-0.3, -0.25) is 14.5 Å². The minimum absolute atomic E-state index is 0.0592. The zero-order chi connectivity index (χ0) is 19.6. The van der Waals surface area contributed by atoms with E-state index in [9.17, 15) is 22.8 Å². The van der Waals surface area contributed by atoms with Crippen LogP contribution in [0.15, 0.2) is 70.0 Å². The maximum absolute atomic E-state index is 13.3. The summed E-state index contributed by atoms with van der Waals surface area (Å²) in [6.45, 7) is 0.919. The summed E-state index contributed by atoms with van der Waals surface area (Å²) in [6, 6.07) is 15.1. The van der Waals surface area contributed by atoms with Gasteiger partial charge in [-0.15, -0.1) is 0 Å². The molecule has 1 aliphatic heterocycles. The summed E-state index contributed by atoms with van der Waals surface area (Å²) in [5.41, 5.74) is -0.138. The molecule has 0 saturated carbocycles.